The lowest BCUT2D eigenvalue weighted by Crippen LogP contribution is -2.15. The molecule has 3 rings (SSSR count). The highest BCUT2D eigenvalue weighted by Crippen LogP contribution is 2.36. The molecule has 0 aliphatic heterocycles. The number of hydrogen-bond donors (Lipinski definition) is 2. The van der Waals surface area contributed by atoms with Gasteiger partial charge in [-0.2, -0.15) is 0 Å². The van der Waals surface area contributed by atoms with Gasteiger partial charge in [0.15, 0.2) is 11.5 Å². The number of anilines is 1. The van der Waals surface area contributed by atoms with Gasteiger partial charge in [0.25, 0.3) is 5.69 Å². The van der Waals surface area contributed by atoms with Crippen molar-refractivity contribution in [2.24, 2.45) is 0 Å². The fourth-order valence-corrected chi connectivity index (χ4v) is 3.64. The maximum Gasteiger partial charge on any atom is 0.271 e. The first-order chi connectivity index (χ1) is 15.3. The zero-order valence-electron chi connectivity index (χ0n) is 17.4. The van der Waals surface area contributed by atoms with Crippen molar-refractivity contribution in [1.29, 1.82) is 0 Å². The second-order valence-corrected chi connectivity index (χ2v) is 7.86. The average Bonchev–Trinajstić information content (AvgIpc) is 2.80. The standard InChI is InChI=1S/C23H22Cl2N2O5/c1-31-22-9-7-15(11-23(22)32-2)21(28)13-20(14-6-8-18(24)19(25)10-14)26-16-4-3-5-17(12-16)27(29)30/h3-12,20-21,26,28H,13H2,1-2H3. The van der Waals surface area contributed by atoms with Crippen LogP contribution in [0.25, 0.3) is 0 Å². The van der Waals surface area contributed by atoms with E-state index in [1.807, 2.05) is 0 Å². The van der Waals surface area contributed by atoms with Gasteiger partial charge in [-0.15, -0.1) is 0 Å². The Bertz CT molecular complexity index is 1110. The highest BCUT2D eigenvalue weighted by atomic mass is 35.5. The molecule has 0 aliphatic rings. The largest absolute Gasteiger partial charge is 0.493 e. The number of hydrogen-bond acceptors (Lipinski definition) is 6. The van der Waals surface area contributed by atoms with Crippen molar-refractivity contribution in [2.75, 3.05) is 19.5 Å². The van der Waals surface area contributed by atoms with E-state index in [1.54, 1.807) is 48.5 Å². The van der Waals surface area contributed by atoms with E-state index in [-0.39, 0.29) is 12.1 Å². The van der Waals surface area contributed by atoms with Crippen LogP contribution in [0.4, 0.5) is 11.4 Å². The van der Waals surface area contributed by atoms with Crippen molar-refractivity contribution >= 4 is 34.6 Å². The summed E-state index contributed by atoms with van der Waals surface area (Å²) in [4.78, 5) is 10.7. The van der Waals surface area contributed by atoms with E-state index in [4.69, 9.17) is 32.7 Å². The molecule has 2 atom stereocenters. The van der Waals surface area contributed by atoms with E-state index >= 15 is 0 Å². The average molecular weight is 477 g/mol. The number of nitrogens with one attached hydrogen (secondary N) is 1. The number of benzene rings is 3. The number of methoxy groups -OCH3 is 2. The summed E-state index contributed by atoms with van der Waals surface area (Å²) in [5.74, 6) is 1.06. The molecule has 0 aromatic heterocycles. The molecule has 2 unspecified atom stereocenters. The SMILES string of the molecule is COc1ccc(C(O)CC(Nc2cccc([N+](=O)[O-])c2)c2ccc(Cl)c(Cl)c2)cc1OC. The van der Waals surface area contributed by atoms with Gasteiger partial charge in [-0.3, -0.25) is 10.1 Å². The smallest absolute Gasteiger partial charge is 0.271 e. The number of ether oxygens (including phenoxy) is 2. The summed E-state index contributed by atoms with van der Waals surface area (Å²) in [6, 6.07) is 16.1. The lowest BCUT2D eigenvalue weighted by atomic mass is 9.96. The van der Waals surface area contributed by atoms with Gasteiger partial charge in [0, 0.05) is 24.2 Å². The maximum atomic E-state index is 11.2. The predicted molar refractivity (Wildman–Crippen MR) is 125 cm³/mol. The molecular weight excluding hydrogens is 455 g/mol. The lowest BCUT2D eigenvalue weighted by molar-refractivity contribution is -0.384. The molecular formula is C23H22Cl2N2O5. The van der Waals surface area contributed by atoms with Crippen LogP contribution in [0.5, 0.6) is 11.5 Å². The number of halogens is 2. The summed E-state index contributed by atoms with van der Waals surface area (Å²) in [6.07, 6.45) is -0.628. The van der Waals surface area contributed by atoms with Crippen molar-refractivity contribution in [3.63, 3.8) is 0 Å². The Morgan fingerprint density at radius 3 is 2.34 bits per heavy atom. The quantitative estimate of drug-likeness (QED) is 0.282. The molecule has 32 heavy (non-hydrogen) atoms. The van der Waals surface area contributed by atoms with E-state index in [2.05, 4.69) is 5.32 Å². The van der Waals surface area contributed by atoms with E-state index in [0.717, 1.165) is 5.56 Å². The van der Waals surface area contributed by atoms with E-state index in [1.165, 1.54) is 26.4 Å². The highest BCUT2D eigenvalue weighted by Gasteiger charge is 2.21. The molecule has 9 heteroatoms. The minimum absolute atomic E-state index is 0.0386. The molecule has 0 aliphatic carbocycles. The maximum absolute atomic E-state index is 11.2. The normalized spacial score (nSPS) is 12.7. The number of nitro benzene ring substituents is 1. The van der Waals surface area contributed by atoms with Crippen molar-refractivity contribution in [3.05, 3.63) is 92.0 Å². The number of nitrogens with zero attached hydrogens (tertiary/aromatic N) is 1. The van der Waals surface area contributed by atoms with Crippen LogP contribution in [0.15, 0.2) is 60.7 Å². The minimum Gasteiger partial charge on any atom is -0.493 e. The molecule has 0 fully saturated rings. The van der Waals surface area contributed by atoms with Gasteiger partial charge in [0.05, 0.1) is 41.3 Å². The van der Waals surface area contributed by atoms with Crippen LogP contribution in [0.2, 0.25) is 10.0 Å². The summed E-state index contributed by atoms with van der Waals surface area (Å²) < 4.78 is 10.6. The second-order valence-electron chi connectivity index (χ2n) is 7.04. The number of nitro groups is 1. The molecule has 7 nitrogen and oxygen atoms in total. The molecule has 3 aromatic rings. The first-order valence-corrected chi connectivity index (χ1v) is 10.4. The van der Waals surface area contributed by atoms with Gasteiger partial charge in [-0.25, -0.2) is 0 Å². The fraction of sp³-hybridized carbons (Fsp3) is 0.217. The van der Waals surface area contributed by atoms with Crippen LogP contribution in [0.1, 0.15) is 29.7 Å². The van der Waals surface area contributed by atoms with Crippen LogP contribution in [0.3, 0.4) is 0 Å². The molecule has 0 heterocycles. The Kier molecular flexibility index (Phi) is 7.80. The molecule has 0 saturated heterocycles. The van der Waals surface area contributed by atoms with Gasteiger partial charge < -0.3 is 19.9 Å². The number of aliphatic hydroxyl groups excluding tert-OH is 1. The van der Waals surface area contributed by atoms with Gasteiger partial charge in [0.1, 0.15) is 0 Å². The van der Waals surface area contributed by atoms with Gasteiger partial charge in [0.2, 0.25) is 0 Å². The molecule has 0 radical (unpaired) electrons. The number of aliphatic hydroxyl groups is 1. The summed E-state index contributed by atoms with van der Waals surface area (Å²) in [5.41, 5.74) is 1.90. The Balaban J connectivity index is 1.92. The zero-order valence-corrected chi connectivity index (χ0v) is 18.9. The third-order valence-electron chi connectivity index (χ3n) is 5.00. The van der Waals surface area contributed by atoms with Crippen LogP contribution in [-0.2, 0) is 0 Å². The third kappa shape index (κ3) is 5.62. The predicted octanol–water partition coefficient (Wildman–Crippen LogP) is 6.20. The summed E-state index contributed by atoms with van der Waals surface area (Å²) in [6.45, 7) is 0. The molecule has 0 bridgehead atoms. The van der Waals surface area contributed by atoms with E-state index in [0.29, 0.717) is 32.8 Å². The molecule has 2 N–H and O–H groups in total. The van der Waals surface area contributed by atoms with Crippen LogP contribution >= 0.6 is 23.2 Å². The second kappa shape index (κ2) is 10.5. The topological polar surface area (TPSA) is 93.9 Å². The lowest BCUT2D eigenvalue weighted by Gasteiger charge is -2.24. The number of non-ortho nitro benzene ring substituents is 1. The number of rotatable bonds is 9. The van der Waals surface area contributed by atoms with Gasteiger partial charge >= 0.3 is 0 Å². The van der Waals surface area contributed by atoms with Gasteiger partial charge in [-0.1, -0.05) is 41.4 Å². The third-order valence-corrected chi connectivity index (χ3v) is 5.73. The first kappa shape index (κ1) is 23.7. The zero-order chi connectivity index (χ0) is 23.3. The van der Waals surface area contributed by atoms with Crippen LogP contribution < -0.4 is 14.8 Å². The van der Waals surface area contributed by atoms with Crippen molar-refractivity contribution in [2.45, 2.75) is 18.6 Å². The molecule has 168 valence electrons. The highest BCUT2D eigenvalue weighted by molar-refractivity contribution is 6.42. The summed E-state index contributed by atoms with van der Waals surface area (Å²) in [5, 5.41) is 26.2. The molecule has 0 saturated carbocycles. The molecule has 0 amide bonds. The van der Waals surface area contributed by atoms with Gasteiger partial charge in [-0.05, 0) is 41.5 Å². The Morgan fingerprint density at radius 2 is 1.69 bits per heavy atom. The Labute approximate surface area is 195 Å². The monoisotopic (exact) mass is 476 g/mol. The van der Waals surface area contributed by atoms with Crippen molar-refractivity contribution < 1.29 is 19.5 Å². The van der Waals surface area contributed by atoms with Crippen LogP contribution in [-0.4, -0.2) is 24.2 Å². The van der Waals surface area contributed by atoms with E-state index in [9.17, 15) is 15.2 Å². The minimum atomic E-state index is -0.875. The Morgan fingerprint density at radius 1 is 0.969 bits per heavy atom. The Hall–Kier alpha value is -3.00. The summed E-state index contributed by atoms with van der Waals surface area (Å²) >= 11 is 12.3. The van der Waals surface area contributed by atoms with Crippen molar-refractivity contribution in [3.8, 4) is 11.5 Å². The molecule has 0 spiro atoms. The van der Waals surface area contributed by atoms with E-state index < -0.39 is 17.1 Å². The fourth-order valence-electron chi connectivity index (χ4n) is 3.34. The van der Waals surface area contributed by atoms with Crippen molar-refractivity contribution in [1.82, 2.24) is 0 Å². The first-order valence-electron chi connectivity index (χ1n) is 9.68. The molecule has 3 aromatic carbocycles. The summed E-state index contributed by atoms with van der Waals surface area (Å²) in [7, 11) is 3.06. The van der Waals surface area contributed by atoms with Crippen LogP contribution in [0, 0.1) is 10.1 Å².